The maximum Gasteiger partial charge on any atom is 0.337 e. The van der Waals surface area contributed by atoms with Crippen LogP contribution in [0.15, 0.2) is 81.2 Å². The molecule has 0 atom stereocenters. The Morgan fingerprint density at radius 3 is 2.41 bits per heavy atom. The SMILES string of the molecule is Cn1ccc2cc(Nc3cc(=O)n(C)c4c3c(=O)n(C3CC3)c(=O)n4-c3ccccc3)ccc21. The highest BCUT2D eigenvalue weighted by atomic mass is 16.2. The van der Waals surface area contributed by atoms with Gasteiger partial charge in [-0.1, -0.05) is 18.2 Å². The molecule has 1 aliphatic rings. The van der Waals surface area contributed by atoms with Crippen molar-refractivity contribution in [3.8, 4) is 5.69 Å². The van der Waals surface area contributed by atoms with Gasteiger partial charge in [0.2, 0.25) is 0 Å². The summed E-state index contributed by atoms with van der Waals surface area (Å²) < 4.78 is 6.21. The molecule has 1 N–H and O–H groups in total. The van der Waals surface area contributed by atoms with Gasteiger partial charge in [0.05, 0.1) is 11.4 Å². The van der Waals surface area contributed by atoms with Crippen molar-refractivity contribution in [3.05, 3.63) is 98.1 Å². The van der Waals surface area contributed by atoms with E-state index in [0.717, 1.165) is 29.4 Å². The van der Waals surface area contributed by atoms with Gasteiger partial charge in [-0.25, -0.2) is 9.36 Å². The maximum atomic E-state index is 13.7. The Bertz CT molecular complexity index is 1770. The molecule has 0 radical (unpaired) electrons. The first-order chi connectivity index (χ1) is 16.4. The van der Waals surface area contributed by atoms with Gasteiger partial charge < -0.3 is 9.88 Å². The summed E-state index contributed by atoms with van der Waals surface area (Å²) in [6.07, 6.45) is 3.55. The third kappa shape index (κ3) is 3.02. The van der Waals surface area contributed by atoms with E-state index >= 15 is 0 Å². The van der Waals surface area contributed by atoms with Gasteiger partial charge in [0.1, 0.15) is 11.0 Å². The van der Waals surface area contributed by atoms with E-state index in [9.17, 15) is 14.4 Å². The third-order valence-corrected chi connectivity index (χ3v) is 6.54. The molecule has 0 unspecified atom stereocenters. The predicted molar refractivity (Wildman–Crippen MR) is 134 cm³/mol. The molecule has 5 aromatic rings. The van der Waals surface area contributed by atoms with Crippen molar-refractivity contribution in [2.45, 2.75) is 18.9 Å². The second-order valence-corrected chi connectivity index (χ2v) is 8.84. The first kappa shape index (κ1) is 20.3. The molecule has 1 aliphatic carbocycles. The summed E-state index contributed by atoms with van der Waals surface area (Å²) in [7, 11) is 3.57. The minimum absolute atomic E-state index is 0.120. The number of aromatic nitrogens is 4. The number of nitrogens with zero attached hydrogens (tertiary/aromatic N) is 4. The highest BCUT2D eigenvalue weighted by molar-refractivity contribution is 5.93. The topological polar surface area (TPSA) is 83.0 Å². The number of hydrogen-bond donors (Lipinski definition) is 1. The van der Waals surface area contributed by atoms with Crippen molar-refractivity contribution < 1.29 is 0 Å². The summed E-state index contributed by atoms with van der Waals surface area (Å²) >= 11 is 0. The first-order valence-corrected chi connectivity index (χ1v) is 11.2. The van der Waals surface area contributed by atoms with Gasteiger partial charge in [-0.2, -0.15) is 0 Å². The molecular weight excluding hydrogens is 430 g/mol. The molecule has 170 valence electrons. The molecule has 0 spiro atoms. The van der Waals surface area contributed by atoms with Crippen molar-refractivity contribution in [3.63, 3.8) is 0 Å². The summed E-state index contributed by atoms with van der Waals surface area (Å²) in [5.74, 6) is 0. The van der Waals surface area contributed by atoms with Gasteiger partial charge in [0.15, 0.2) is 0 Å². The number of nitrogens with one attached hydrogen (secondary N) is 1. The van der Waals surface area contributed by atoms with E-state index in [-0.39, 0.29) is 22.8 Å². The minimum Gasteiger partial charge on any atom is -0.355 e. The number of pyridine rings is 1. The Labute approximate surface area is 193 Å². The van der Waals surface area contributed by atoms with Crippen LogP contribution in [0, 0.1) is 0 Å². The number of aryl methyl sites for hydroxylation is 2. The van der Waals surface area contributed by atoms with Gasteiger partial charge >= 0.3 is 5.69 Å². The number of benzene rings is 2. The van der Waals surface area contributed by atoms with Gasteiger partial charge in [-0.15, -0.1) is 0 Å². The fourth-order valence-electron chi connectivity index (χ4n) is 4.64. The molecule has 8 nitrogen and oxygen atoms in total. The molecule has 0 aliphatic heterocycles. The monoisotopic (exact) mass is 453 g/mol. The van der Waals surface area contributed by atoms with E-state index < -0.39 is 5.69 Å². The van der Waals surface area contributed by atoms with Crippen LogP contribution in [-0.4, -0.2) is 18.3 Å². The van der Waals surface area contributed by atoms with E-state index in [4.69, 9.17) is 0 Å². The molecule has 6 rings (SSSR count). The quantitative estimate of drug-likeness (QED) is 0.452. The van der Waals surface area contributed by atoms with E-state index in [0.29, 0.717) is 16.8 Å². The van der Waals surface area contributed by atoms with Gasteiger partial charge in [0.25, 0.3) is 11.1 Å². The fraction of sp³-hybridized carbons (Fsp3) is 0.192. The zero-order valence-electron chi connectivity index (χ0n) is 18.9. The molecule has 0 amide bonds. The highest BCUT2D eigenvalue weighted by Crippen LogP contribution is 2.33. The third-order valence-electron chi connectivity index (χ3n) is 6.54. The molecule has 3 heterocycles. The maximum absolute atomic E-state index is 13.7. The van der Waals surface area contributed by atoms with Crippen LogP contribution in [0.3, 0.4) is 0 Å². The van der Waals surface area contributed by atoms with E-state index in [1.165, 1.54) is 19.8 Å². The Hall–Kier alpha value is -4.33. The van der Waals surface area contributed by atoms with Gasteiger partial charge in [-0.3, -0.25) is 18.7 Å². The van der Waals surface area contributed by atoms with Crippen molar-refractivity contribution in [1.82, 2.24) is 18.3 Å². The molecular formula is C26H23N5O3. The van der Waals surface area contributed by atoms with Crippen LogP contribution in [0.25, 0.3) is 27.6 Å². The molecule has 8 heteroatoms. The highest BCUT2D eigenvalue weighted by Gasteiger charge is 2.30. The number of rotatable bonds is 4. The Morgan fingerprint density at radius 2 is 1.68 bits per heavy atom. The van der Waals surface area contributed by atoms with E-state index in [1.807, 2.05) is 60.3 Å². The average Bonchev–Trinajstić information content (AvgIpc) is 3.60. The molecule has 0 saturated heterocycles. The fourth-order valence-corrected chi connectivity index (χ4v) is 4.64. The van der Waals surface area contributed by atoms with Crippen molar-refractivity contribution in [2.24, 2.45) is 14.1 Å². The van der Waals surface area contributed by atoms with Crippen molar-refractivity contribution >= 4 is 33.3 Å². The minimum atomic E-state index is -0.427. The van der Waals surface area contributed by atoms with Crippen molar-refractivity contribution in [1.29, 1.82) is 0 Å². The predicted octanol–water partition coefficient (Wildman–Crippen LogP) is 3.42. The summed E-state index contributed by atoms with van der Waals surface area (Å²) in [6, 6.07) is 18.3. The second-order valence-electron chi connectivity index (χ2n) is 8.84. The lowest BCUT2D eigenvalue weighted by Crippen LogP contribution is -2.41. The average molecular weight is 454 g/mol. The lowest BCUT2D eigenvalue weighted by Gasteiger charge is -2.18. The second kappa shape index (κ2) is 7.34. The zero-order valence-corrected chi connectivity index (χ0v) is 18.9. The van der Waals surface area contributed by atoms with Gasteiger partial charge in [-0.05, 0) is 49.2 Å². The van der Waals surface area contributed by atoms with E-state index in [2.05, 4.69) is 5.32 Å². The number of anilines is 2. The largest absolute Gasteiger partial charge is 0.355 e. The molecule has 1 saturated carbocycles. The Balaban J connectivity index is 1.68. The van der Waals surface area contributed by atoms with E-state index in [1.54, 1.807) is 19.2 Å². The van der Waals surface area contributed by atoms with Crippen LogP contribution in [-0.2, 0) is 14.1 Å². The van der Waals surface area contributed by atoms with Crippen LogP contribution in [0.4, 0.5) is 11.4 Å². The molecule has 3 aromatic heterocycles. The summed E-state index contributed by atoms with van der Waals surface area (Å²) in [5.41, 5.74) is 1.97. The molecule has 34 heavy (non-hydrogen) atoms. The molecule has 0 bridgehead atoms. The zero-order chi connectivity index (χ0) is 23.6. The first-order valence-electron chi connectivity index (χ1n) is 11.2. The Kier molecular flexibility index (Phi) is 4.38. The van der Waals surface area contributed by atoms with Crippen LogP contribution < -0.4 is 22.1 Å². The standard InChI is InChI=1S/C26H23N5O3/c1-28-13-12-16-14-17(8-11-21(16)28)27-20-15-22(32)29(2)24-23(20)25(33)31(19-9-10-19)26(34)30(24)18-6-4-3-5-7-18/h3-8,11-15,19,27H,9-10H2,1-2H3. The van der Waals surface area contributed by atoms with Crippen LogP contribution in [0.1, 0.15) is 18.9 Å². The number of hydrogen-bond acceptors (Lipinski definition) is 4. The molecule has 2 aromatic carbocycles. The summed E-state index contributed by atoms with van der Waals surface area (Å²) in [6.45, 7) is 0. The van der Waals surface area contributed by atoms with Crippen LogP contribution >= 0.6 is 0 Å². The van der Waals surface area contributed by atoms with Crippen molar-refractivity contribution in [2.75, 3.05) is 5.32 Å². The lowest BCUT2D eigenvalue weighted by molar-refractivity contribution is 0.637. The molecule has 1 fully saturated rings. The summed E-state index contributed by atoms with van der Waals surface area (Å²) in [4.78, 5) is 40.2. The number of fused-ring (bicyclic) bond motifs is 2. The van der Waals surface area contributed by atoms with Crippen LogP contribution in [0.5, 0.6) is 0 Å². The smallest absolute Gasteiger partial charge is 0.337 e. The number of para-hydroxylation sites is 1. The normalized spacial score (nSPS) is 13.6. The lowest BCUT2D eigenvalue weighted by atomic mass is 10.2. The summed E-state index contributed by atoms with van der Waals surface area (Å²) in [5, 5.41) is 4.64. The Morgan fingerprint density at radius 1 is 0.912 bits per heavy atom. The van der Waals surface area contributed by atoms with Gasteiger partial charge in [0, 0.05) is 49.0 Å². The van der Waals surface area contributed by atoms with Crippen LogP contribution in [0.2, 0.25) is 0 Å².